The van der Waals surface area contributed by atoms with Gasteiger partial charge in [0.2, 0.25) is 11.8 Å². The molecule has 0 spiro atoms. The summed E-state index contributed by atoms with van der Waals surface area (Å²) in [4.78, 5) is 28.6. The molecule has 0 aromatic heterocycles. The Morgan fingerprint density at radius 1 is 1.14 bits per heavy atom. The summed E-state index contributed by atoms with van der Waals surface area (Å²) in [5.74, 6) is -0.764. The maximum absolute atomic E-state index is 13.4. The van der Waals surface area contributed by atoms with Gasteiger partial charge in [0.15, 0.2) is 0 Å². The molecule has 2 aliphatic rings. The third-order valence-corrected chi connectivity index (χ3v) is 7.22. The predicted molar refractivity (Wildman–Crippen MR) is 128 cm³/mol. The number of amides is 2. The molecule has 1 aliphatic carbocycles. The largest absolute Gasteiger partial charge is 0.573 e. The number of nitrogens with one attached hydrogen (secondary N) is 2. The topological polar surface area (TPSA) is 70.7 Å². The maximum atomic E-state index is 13.4. The Morgan fingerprint density at radius 2 is 1.80 bits per heavy atom. The highest BCUT2D eigenvalue weighted by molar-refractivity contribution is 9.10. The molecule has 2 aromatic rings. The van der Waals surface area contributed by atoms with E-state index in [0.717, 1.165) is 16.5 Å². The van der Waals surface area contributed by atoms with Gasteiger partial charge < -0.3 is 20.3 Å². The molecule has 1 saturated heterocycles. The molecule has 2 aromatic carbocycles. The third-order valence-electron chi connectivity index (χ3n) is 6.69. The maximum Gasteiger partial charge on any atom is 0.573 e. The van der Waals surface area contributed by atoms with E-state index in [2.05, 4.69) is 31.3 Å². The van der Waals surface area contributed by atoms with Gasteiger partial charge in [0.05, 0.1) is 5.41 Å². The fourth-order valence-corrected chi connectivity index (χ4v) is 4.78. The molecule has 10 heteroatoms. The van der Waals surface area contributed by atoms with Crippen LogP contribution in [0.4, 0.5) is 13.2 Å². The van der Waals surface area contributed by atoms with Crippen LogP contribution in [-0.4, -0.2) is 55.3 Å². The lowest BCUT2D eigenvalue weighted by Gasteiger charge is -2.27. The summed E-state index contributed by atoms with van der Waals surface area (Å²) in [7, 11) is 1.86. The third kappa shape index (κ3) is 6.16. The van der Waals surface area contributed by atoms with Crippen molar-refractivity contribution in [3.8, 4) is 5.75 Å². The first-order chi connectivity index (χ1) is 16.6. The normalized spacial score (nSPS) is 19.8. The molecule has 1 aliphatic heterocycles. The summed E-state index contributed by atoms with van der Waals surface area (Å²) in [6.07, 6.45) is -2.48. The summed E-state index contributed by atoms with van der Waals surface area (Å²) >= 11 is 3.41. The van der Waals surface area contributed by atoms with Gasteiger partial charge in [-0.2, -0.15) is 0 Å². The molecule has 4 rings (SSSR count). The van der Waals surface area contributed by atoms with Crippen LogP contribution in [0.15, 0.2) is 53.0 Å². The number of halogens is 4. The van der Waals surface area contributed by atoms with E-state index in [0.29, 0.717) is 37.9 Å². The van der Waals surface area contributed by atoms with Crippen molar-refractivity contribution in [3.63, 3.8) is 0 Å². The second-order valence-corrected chi connectivity index (χ2v) is 9.99. The van der Waals surface area contributed by atoms with E-state index in [1.54, 1.807) is 4.90 Å². The van der Waals surface area contributed by atoms with Crippen molar-refractivity contribution in [2.24, 2.45) is 0 Å². The lowest BCUT2D eigenvalue weighted by atomic mass is 9.94. The molecule has 2 fully saturated rings. The van der Waals surface area contributed by atoms with Crippen molar-refractivity contribution < 1.29 is 27.5 Å². The van der Waals surface area contributed by atoms with Crippen molar-refractivity contribution in [1.82, 2.24) is 15.5 Å². The zero-order valence-electron chi connectivity index (χ0n) is 19.2. The second kappa shape index (κ2) is 10.2. The molecule has 6 nitrogen and oxygen atoms in total. The van der Waals surface area contributed by atoms with Crippen LogP contribution in [0.3, 0.4) is 0 Å². The standard InChI is InChI=1S/C25H27BrF3N3O3/c1-30-19-10-13-32(15-19)22(33)21(14-16-2-6-18(26)7-3-16)31-23(34)24(11-12-24)17-4-8-20(9-5-17)35-25(27,28)29/h2-9,19,21,30H,10-15H2,1H3,(H,31,34)/t19-,21?/m1/s1. The summed E-state index contributed by atoms with van der Waals surface area (Å²) < 4.78 is 42.3. The van der Waals surface area contributed by atoms with Gasteiger partial charge >= 0.3 is 6.36 Å². The van der Waals surface area contributed by atoms with E-state index in [4.69, 9.17) is 0 Å². The quantitative estimate of drug-likeness (QED) is 0.519. The molecule has 1 unspecified atom stereocenters. The van der Waals surface area contributed by atoms with Crippen LogP contribution in [-0.2, 0) is 21.4 Å². The zero-order valence-corrected chi connectivity index (χ0v) is 20.8. The zero-order chi connectivity index (χ0) is 25.2. The summed E-state index contributed by atoms with van der Waals surface area (Å²) in [5, 5.41) is 6.16. The summed E-state index contributed by atoms with van der Waals surface area (Å²) in [6, 6.07) is 12.4. The Morgan fingerprint density at radius 3 is 2.34 bits per heavy atom. The van der Waals surface area contributed by atoms with Gasteiger partial charge in [0, 0.05) is 30.0 Å². The minimum Gasteiger partial charge on any atom is -0.406 e. The minimum atomic E-state index is -4.78. The van der Waals surface area contributed by atoms with Gasteiger partial charge in [0.25, 0.3) is 0 Å². The Labute approximate surface area is 210 Å². The van der Waals surface area contributed by atoms with Gasteiger partial charge in [0.1, 0.15) is 11.8 Å². The van der Waals surface area contributed by atoms with Crippen LogP contribution in [0.1, 0.15) is 30.4 Å². The lowest BCUT2D eigenvalue weighted by molar-refractivity contribution is -0.274. The van der Waals surface area contributed by atoms with Crippen molar-refractivity contribution in [3.05, 3.63) is 64.1 Å². The Hall–Kier alpha value is -2.59. The second-order valence-electron chi connectivity index (χ2n) is 9.07. The van der Waals surface area contributed by atoms with E-state index in [1.165, 1.54) is 24.3 Å². The molecule has 2 N–H and O–H groups in total. The molecular weight excluding hydrogens is 527 g/mol. The number of alkyl halides is 3. The molecule has 2 atom stereocenters. The van der Waals surface area contributed by atoms with Crippen molar-refractivity contribution in [1.29, 1.82) is 0 Å². The summed E-state index contributed by atoms with van der Waals surface area (Å²) in [5.41, 5.74) is 0.665. The number of likely N-dealkylation sites (N-methyl/N-ethyl adjacent to an activating group) is 1. The number of hydrogen-bond donors (Lipinski definition) is 2. The highest BCUT2D eigenvalue weighted by Gasteiger charge is 2.52. The number of nitrogens with zero attached hydrogens (tertiary/aromatic N) is 1. The number of likely N-dealkylation sites (tertiary alicyclic amines) is 1. The van der Waals surface area contributed by atoms with Gasteiger partial charge in [-0.15, -0.1) is 13.2 Å². The van der Waals surface area contributed by atoms with Crippen LogP contribution >= 0.6 is 15.9 Å². The van der Waals surface area contributed by atoms with E-state index >= 15 is 0 Å². The van der Waals surface area contributed by atoms with Gasteiger partial charge in [-0.05, 0) is 61.7 Å². The first-order valence-corrected chi connectivity index (χ1v) is 12.3. The van der Waals surface area contributed by atoms with Gasteiger partial charge in [-0.25, -0.2) is 0 Å². The van der Waals surface area contributed by atoms with Crippen LogP contribution < -0.4 is 15.4 Å². The average Bonchev–Trinajstić information content (AvgIpc) is 3.49. The Bertz CT molecular complexity index is 1060. The average molecular weight is 554 g/mol. The number of carbonyl (C=O) groups is 2. The molecule has 2 amide bonds. The molecule has 1 heterocycles. The first-order valence-electron chi connectivity index (χ1n) is 11.5. The fourth-order valence-electron chi connectivity index (χ4n) is 4.52. The molecular formula is C25H27BrF3N3O3. The smallest absolute Gasteiger partial charge is 0.406 e. The molecule has 1 saturated carbocycles. The minimum absolute atomic E-state index is 0.135. The van der Waals surface area contributed by atoms with Crippen molar-refractivity contribution >= 4 is 27.7 Å². The number of hydrogen-bond acceptors (Lipinski definition) is 4. The van der Waals surface area contributed by atoms with Gasteiger partial charge in [-0.3, -0.25) is 9.59 Å². The summed E-state index contributed by atoms with van der Waals surface area (Å²) in [6.45, 7) is 1.19. The van der Waals surface area contributed by atoms with Crippen molar-refractivity contribution in [2.45, 2.75) is 49.5 Å². The SMILES string of the molecule is CN[C@@H]1CCN(C(=O)C(Cc2ccc(Br)cc2)NC(=O)C2(c3ccc(OC(F)(F)F)cc3)CC2)C1. The van der Waals surface area contributed by atoms with E-state index in [-0.39, 0.29) is 23.6 Å². The van der Waals surface area contributed by atoms with Crippen LogP contribution in [0.25, 0.3) is 0 Å². The highest BCUT2D eigenvalue weighted by Crippen LogP contribution is 2.49. The number of carbonyl (C=O) groups excluding carboxylic acids is 2. The fraction of sp³-hybridized carbons (Fsp3) is 0.440. The first kappa shape index (κ1) is 25.5. The number of rotatable bonds is 8. The highest BCUT2D eigenvalue weighted by atomic mass is 79.9. The van der Waals surface area contributed by atoms with Gasteiger partial charge in [-0.1, -0.05) is 40.2 Å². The van der Waals surface area contributed by atoms with Crippen LogP contribution in [0, 0.1) is 0 Å². The number of benzene rings is 2. The van der Waals surface area contributed by atoms with E-state index in [9.17, 15) is 22.8 Å². The molecule has 0 bridgehead atoms. The van der Waals surface area contributed by atoms with Crippen molar-refractivity contribution in [2.75, 3.05) is 20.1 Å². The molecule has 35 heavy (non-hydrogen) atoms. The van der Waals surface area contributed by atoms with Crippen LogP contribution in [0.2, 0.25) is 0 Å². The van der Waals surface area contributed by atoms with Crippen LogP contribution in [0.5, 0.6) is 5.75 Å². The van der Waals surface area contributed by atoms with E-state index < -0.39 is 17.8 Å². The molecule has 188 valence electrons. The molecule has 0 radical (unpaired) electrons. The monoisotopic (exact) mass is 553 g/mol. The Kier molecular flexibility index (Phi) is 7.42. The predicted octanol–water partition coefficient (Wildman–Crippen LogP) is 3.93. The Balaban J connectivity index is 1.51. The van der Waals surface area contributed by atoms with E-state index in [1.807, 2.05) is 31.3 Å². The number of ether oxygens (including phenoxy) is 1. The lowest BCUT2D eigenvalue weighted by Crippen LogP contribution is -2.52.